The van der Waals surface area contributed by atoms with Crippen molar-refractivity contribution in [3.63, 3.8) is 0 Å². The van der Waals surface area contributed by atoms with Gasteiger partial charge in [0.15, 0.2) is 10.8 Å². The molecule has 2 N–H and O–H groups in total. The molecule has 1 unspecified atom stereocenters. The summed E-state index contributed by atoms with van der Waals surface area (Å²) in [6, 6.07) is 1.78. The predicted octanol–water partition coefficient (Wildman–Crippen LogP) is 1.49. The lowest BCUT2D eigenvalue weighted by Gasteiger charge is -2.16. The van der Waals surface area contributed by atoms with Crippen molar-refractivity contribution in [3.05, 3.63) is 29.5 Å². The number of amides is 1. The van der Waals surface area contributed by atoms with Crippen LogP contribution in [0.25, 0.3) is 10.8 Å². The van der Waals surface area contributed by atoms with E-state index in [2.05, 4.69) is 20.3 Å². The topological polar surface area (TPSA) is 88.0 Å². The number of nitrogens with one attached hydrogen (secondary N) is 1. The van der Waals surface area contributed by atoms with Crippen molar-refractivity contribution in [2.75, 3.05) is 6.61 Å². The molecule has 0 aromatic carbocycles. The highest BCUT2D eigenvalue weighted by atomic mass is 32.1. The molecule has 2 aromatic rings. The minimum absolute atomic E-state index is 0.0422. The zero-order chi connectivity index (χ0) is 14.7. The first kappa shape index (κ1) is 14.1. The number of aromatic nitrogens is 3. The highest BCUT2D eigenvalue weighted by molar-refractivity contribution is 7.13. The van der Waals surface area contributed by atoms with Crippen LogP contribution in [0.3, 0.4) is 0 Å². The molecular formula is C14H16N4O2S. The Labute approximate surface area is 126 Å². The van der Waals surface area contributed by atoms with E-state index in [1.165, 1.54) is 11.3 Å². The van der Waals surface area contributed by atoms with Crippen molar-refractivity contribution < 1.29 is 9.90 Å². The first-order chi connectivity index (χ1) is 10.3. The molecule has 21 heavy (non-hydrogen) atoms. The van der Waals surface area contributed by atoms with Gasteiger partial charge in [0.05, 0.1) is 0 Å². The number of aliphatic hydroxyl groups excluding tert-OH is 1. The number of hydrogen-bond donors (Lipinski definition) is 2. The number of hydrogen-bond acceptors (Lipinski definition) is 6. The van der Waals surface area contributed by atoms with Crippen molar-refractivity contribution in [2.45, 2.75) is 25.3 Å². The Morgan fingerprint density at radius 1 is 1.43 bits per heavy atom. The SMILES string of the molecule is O=C(NC(CCO)C1CC1)c1csc(-c2ncccn2)n1. The summed E-state index contributed by atoms with van der Waals surface area (Å²) in [5.41, 5.74) is 0.381. The van der Waals surface area contributed by atoms with Crippen molar-refractivity contribution in [2.24, 2.45) is 5.92 Å². The predicted molar refractivity (Wildman–Crippen MR) is 78.8 cm³/mol. The van der Waals surface area contributed by atoms with Gasteiger partial charge in [0.2, 0.25) is 0 Å². The minimum Gasteiger partial charge on any atom is -0.396 e. The van der Waals surface area contributed by atoms with Gasteiger partial charge in [-0.15, -0.1) is 11.3 Å². The second-order valence-electron chi connectivity index (χ2n) is 5.04. The fourth-order valence-corrected chi connectivity index (χ4v) is 2.94. The largest absolute Gasteiger partial charge is 0.396 e. The van der Waals surface area contributed by atoms with Gasteiger partial charge in [0, 0.05) is 30.4 Å². The summed E-state index contributed by atoms with van der Waals surface area (Å²) in [5.74, 6) is 0.825. The molecule has 1 fully saturated rings. The molecule has 3 rings (SSSR count). The highest BCUT2D eigenvalue weighted by Crippen LogP contribution is 2.34. The van der Waals surface area contributed by atoms with Crippen LogP contribution in [0.1, 0.15) is 29.8 Å². The molecular weight excluding hydrogens is 288 g/mol. The number of nitrogens with zero attached hydrogens (tertiary/aromatic N) is 3. The summed E-state index contributed by atoms with van der Waals surface area (Å²) in [6.07, 6.45) is 6.12. The molecule has 0 bridgehead atoms. The molecule has 2 aromatic heterocycles. The Kier molecular flexibility index (Phi) is 4.21. The lowest BCUT2D eigenvalue weighted by Crippen LogP contribution is -2.37. The molecule has 0 radical (unpaired) electrons. The Morgan fingerprint density at radius 3 is 2.86 bits per heavy atom. The van der Waals surface area contributed by atoms with Gasteiger partial charge >= 0.3 is 0 Å². The molecule has 0 saturated heterocycles. The zero-order valence-corrected chi connectivity index (χ0v) is 12.2. The van der Waals surface area contributed by atoms with Gasteiger partial charge in [-0.05, 0) is 31.2 Å². The lowest BCUT2D eigenvalue weighted by atomic mass is 10.1. The van der Waals surface area contributed by atoms with Gasteiger partial charge in [0.1, 0.15) is 5.69 Å². The molecule has 1 aliphatic rings. The fraction of sp³-hybridized carbons (Fsp3) is 0.429. The van der Waals surface area contributed by atoms with E-state index in [1.54, 1.807) is 23.8 Å². The number of thiazole rings is 1. The van der Waals surface area contributed by atoms with Crippen LogP contribution < -0.4 is 5.32 Å². The first-order valence-electron chi connectivity index (χ1n) is 6.92. The molecule has 2 heterocycles. The Balaban J connectivity index is 1.69. The standard InChI is InChI=1S/C14H16N4O2S/c19-7-4-10(9-2-3-9)17-13(20)11-8-21-14(18-11)12-15-5-1-6-16-12/h1,5-6,8-10,19H,2-4,7H2,(H,17,20). The summed E-state index contributed by atoms with van der Waals surface area (Å²) < 4.78 is 0. The van der Waals surface area contributed by atoms with Crippen LogP contribution in [0, 0.1) is 5.92 Å². The van der Waals surface area contributed by atoms with Crippen molar-refractivity contribution >= 4 is 17.2 Å². The summed E-state index contributed by atoms with van der Waals surface area (Å²) in [6.45, 7) is 0.0849. The molecule has 1 saturated carbocycles. The monoisotopic (exact) mass is 304 g/mol. The van der Waals surface area contributed by atoms with Crippen LogP contribution in [-0.4, -0.2) is 38.6 Å². The smallest absolute Gasteiger partial charge is 0.271 e. The van der Waals surface area contributed by atoms with Crippen LogP contribution in [0.2, 0.25) is 0 Å². The van der Waals surface area contributed by atoms with Crippen LogP contribution >= 0.6 is 11.3 Å². The van der Waals surface area contributed by atoms with Crippen LogP contribution in [0.5, 0.6) is 0 Å². The summed E-state index contributed by atoms with van der Waals surface area (Å²) in [7, 11) is 0. The summed E-state index contributed by atoms with van der Waals surface area (Å²) >= 11 is 1.35. The Morgan fingerprint density at radius 2 is 2.19 bits per heavy atom. The van der Waals surface area contributed by atoms with E-state index in [1.807, 2.05) is 0 Å². The number of rotatable bonds is 6. The summed E-state index contributed by atoms with van der Waals surface area (Å²) in [4.78, 5) is 24.8. The Bertz CT molecular complexity index is 612. The molecule has 1 amide bonds. The number of carbonyl (C=O) groups excluding carboxylic acids is 1. The lowest BCUT2D eigenvalue weighted by molar-refractivity contribution is 0.0920. The van der Waals surface area contributed by atoms with Gasteiger partial charge in [-0.3, -0.25) is 4.79 Å². The quantitative estimate of drug-likeness (QED) is 0.844. The minimum atomic E-state index is -0.196. The second kappa shape index (κ2) is 6.28. The maximum Gasteiger partial charge on any atom is 0.271 e. The van der Waals surface area contributed by atoms with E-state index < -0.39 is 0 Å². The molecule has 110 valence electrons. The third-order valence-corrected chi connectivity index (χ3v) is 4.28. The van der Waals surface area contributed by atoms with Crippen molar-refractivity contribution in [1.29, 1.82) is 0 Å². The maximum absolute atomic E-state index is 12.2. The molecule has 7 heteroatoms. The molecule has 1 atom stereocenters. The van der Waals surface area contributed by atoms with E-state index in [4.69, 9.17) is 5.11 Å². The van der Waals surface area contributed by atoms with E-state index in [0.717, 1.165) is 12.8 Å². The fourth-order valence-electron chi connectivity index (χ4n) is 2.20. The van der Waals surface area contributed by atoms with E-state index in [0.29, 0.717) is 28.9 Å². The third-order valence-electron chi connectivity index (χ3n) is 3.44. The molecule has 0 spiro atoms. The van der Waals surface area contributed by atoms with Gasteiger partial charge < -0.3 is 10.4 Å². The van der Waals surface area contributed by atoms with Gasteiger partial charge in [-0.1, -0.05) is 0 Å². The van der Waals surface area contributed by atoms with Crippen molar-refractivity contribution in [3.8, 4) is 10.8 Å². The normalized spacial score (nSPS) is 15.7. The van der Waals surface area contributed by atoms with Gasteiger partial charge in [-0.25, -0.2) is 15.0 Å². The molecule has 1 aliphatic carbocycles. The van der Waals surface area contributed by atoms with E-state index >= 15 is 0 Å². The van der Waals surface area contributed by atoms with Gasteiger partial charge in [-0.2, -0.15) is 0 Å². The molecule has 6 nitrogen and oxygen atoms in total. The van der Waals surface area contributed by atoms with Crippen LogP contribution in [-0.2, 0) is 0 Å². The zero-order valence-electron chi connectivity index (χ0n) is 11.4. The van der Waals surface area contributed by atoms with Crippen LogP contribution in [0.15, 0.2) is 23.8 Å². The third kappa shape index (κ3) is 3.43. The maximum atomic E-state index is 12.2. The van der Waals surface area contributed by atoms with E-state index in [9.17, 15) is 4.79 Å². The van der Waals surface area contributed by atoms with Gasteiger partial charge in [0.25, 0.3) is 5.91 Å². The Hall–Kier alpha value is -1.86. The highest BCUT2D eigenvalue weighted by Gasteiger charge is 2.32. The number of carbonyl (C=O) groups is 1. The average molecular weight is 304 g/mol. The number of aliphatic hydroxyl groups is 1. The van der Waals surface area contributed by atoms with E-state index in [-0.39, 0.29) is 18.6 Å². The first-order valence-corrected chi connectivity index (χ1v) is 7.80. The average Bonchev–Trinajstić information content (AvgIpc) is 3.24. The molecule has 0 aliphatic heterocycles. The summed E-state index contributed by atoms with van der Waals surface area (Å²) in [5, 5.41) is 14.4. The van der Waals surface area contributed by atoms with Crippen molar-refractivity contribution in [1.82, 2.24) is 20.3 Å². The van der Waals surface area contributed by atoms with Crippen LogP contribution in [0.4, 0.5) is 0 Å². The second-order valence-corrected chi connectivity index (χ2v) is 5.90.